The first-order valence-corrected chi connectivity index (χ1v) is 6.18. The second-order valence-corrected chi connectivity index (χ2v) is 5.67. The molecule has 0 radical (unpaired) electrons. The van der Waals surface area contributed by atoms with E-state index >= 15 is 0 Å². The molecular formula is C14H22N2. The molecule has 0 atom stereocenters. The zero-order chi connectivity index (χ0) is 11.6. The van der Waals surface area contributed by atoms with Gasteiger partial charge >= 0.3 is 0 Å². The monoisotopic (exact) mass is 218 g/mol. The van der Waals surface area contributed by atoms with E-state index in [0.29, 0.717) is 11.5 Å². The lowest BCUT2D eigenvalue weighted by Gasteiger charge is -2.35. The molecule has 16 heavy (non-hydrogen) atoms. The fraction of sp³-hybridized carbons (Fsp3) is 0.571. The van der Waals surface area contributed by atoms with Gasteiger partial charge in [-0.05, 0) is 43.2 Å². The highest BCUT2D eigenvalue weighted by atomic mass is 14.9. The molecule has 0 spiro atoms. The zero-order valence-corrected chi connectivity index (χ0v) is 10.3. The molecular weight excluding hydrogens is 196 g/mol. The van der Waals surface area contributed by atoms with Gasteiger partial charge in [-0.15, -0.1) is 0 Å². The second-order valence-electron chi connectivity index (χ2n) is 5.67. The highest BCUT2D eigenvalue weighted by molar-refractivity contribution is 5.65. The fourth-order valence-electron chi connectivity index (χ4n) is 2.39. The lowest BCUT2D eigenvalue weighted by molar-refractivity contribution is 0.232. The van der Waals surface area contributed by atoms with Crippen molar-refractivity contribution in [1.29, 1.82) is 0 Å². The first kappa shape index (κ1) is 11.3. The van der Waals surface area contributed by atoms with E-state index in [1.54, 1.807) is 0 Å². The van der Waals surface area contributed by atoms with E-state index in [9.17, 15) is 0 Å². The van der Waals surface area contributed by atoms with Gasteiger partial charge in [0, 0.05) is 6.04 Å². The Bertz CT molecular complexity index is 348. The average molecular weight is 218 g/mol. The van der Waals surface area contributed by atoms with Crippen molar-refractivity contribution >= 4 is 11.4 Å². The summed E-state index contributed by atoms with van der Waals surface area (Å²) in [5.74, 6) is 0. The number of nitrogens with two attached hydrogens (primary N) is 1. The van der Waals surface area contributed by atoms with E-state index in [2.05, 4.69) is 25.2 Å². The Morgan fingerprint density at radius 3 is 2.44 bits per heavy atom. The van der Waals surface area contributed by atoms with Crippen LogP contribution < -0.4 is 11.1 Å². The van der Waals surface area contributed by atoms with Crippen molar-refractivity contribution < 1.29 is 0 Å². The van der Waals surface area contributed by atoms with E-state index in [-0.39, 0.29) is 0 Å². The van der Waals surface area contributed by atoms with Gasteiger partial charge < -0.3 is 11.1 Å². The maximum absolute atomic E-state index is 5.93. The van der Waals surface area contributed by atoms with Crippen molar-refractivity contribution in [3.05, 3.63) is 24.3 Å². The van der Waals surface area contributed by atoms with Crippen LogP contribution in [0.4, 0.5) is 11.4 Å². The number of hydrogen-bond acceptors (Lipinski definition) is 2. The van der Waals surface area contributed by atoms with Crippen LogP contribution in [0.2, 0.25) is 0 Å². The number of nitrogen functional groups attached to an aromatic ring is 1. The number of anilines is 2. The quantitative estimate of drug-likeness (QED) is 0.744. The molecule has 0 bridgehead atoms. The lowest BCUT2D eigenvalue weighted by atomic mass is 9.75. The molecule has 2 nitrogen and oxygen atoms in total. The summed E-state index contributed by atoms with van der Waals surface area (Å²) in [6.45, 7) is 4.72. The van der Waals surface area contributed by atoms with Gasteiger partial charge in [0.15, 0.2) is 0 Å². The predicted octanol–water partition coefficient (Wildman–Crippen LogP) is 3.65. The van der Waals surface area contributed by atoms with Gasteiger partial charge in [-0.3, -0.25) is 0 Å². The van der Waals surface area contributed by atoms with Crippen molar-refractivity contribution in [3.8, 4) is 0 Å². The first-order chi connectivity index (χ1) is 7.57. The van der Waals surface area contributed by atoms with Crippen LogP contribution in [0, 0.1) is 5.41 Å². The molecule has 2 rings (SSSR count). The Morgan fingerprint density at radius 1 is 1.19 bits per heavy atom. The molecule has 88 valence electrons. The third-order valence-electron chi connectivity index (χ3n) is 3.66. The van der Waals surface area contributed by atoms with Crippen molar-refractivity contribution in [1.82, 2.24) is 0 Å². The minimum Gasteiger partial charge on any atom is -0.397 e. The molecule has 1 aromatic carbocycles. The van der Waals surface area contributed by atoms with Gasteiger partial charge in [0.1, 0.15) is 0 Å². The number of para-hydroxylation sites is 2. The highest BCUT2D eigenvalue weighted by Crippen LogP contribution is 2.36. The molecule has 1 aliphatic carbocycles. The summed E-state index contributed by atoms with van der Waals surface area (Å²) in [7, 11) is 0. The lowest BCUT2D eigenvalue weighted by Crippen LogP contribution is -2.30. The minimum absolute atomic E-state index is 0.528. The number of benzene rings is 1. The van der Waals surface area contributed by atoms with Crippen LogP contribution in [-0.4, -0.2) is 6.04 Å². The molecule has 2 heteroatoms. The Labute approximate surface area is 98.2 Å². The van der Waals surface area contributed by atoms with Gasteiger partial charge in [-0.2, -0.15) is 0 Å². The zero-order valence-electron chi connectivity index (χ0n) is 10.3. The normalized spacial score (nSPS) is 20.6. The third-order valence-corrected chi connectivity index (χ3v) is 3.66. The molecule has 0 unspecified atom stereocenters. The molecule has 0 saturated heterocycles. The van der Waals surface area contributed by atoms with Crippen LogP contribution >= 0.6 is 0 Å². The number of rotatable bonds is 2. The molecule has 1 aliphatic rings. The van der Waals surface area contributed by atoms with Crippen molar-refractivity contribution in [2.45, 2.75) is 45.6 Å². The van der Waals surface area contributed by atoms with E-state index in [1.165, 1.54) is 25.7 Å². The van der Waals surface area contributed by atoms with Gasteiger partial charge in [-0.1, -0.05) is 26.0 Å². The van der Waals surface area contributed by atoms with Crippen LogP contribution in [-0.2, 0) is 0 Å². The fourth-order valence-corrected chi connectivity index (χ4v) is 2.39. The molecule has 3 N–H and O–H groups in total. The van der Waals surface area contributed by atoms with E-state index in [0.717, 1.165) is 11.4 Å². The maximum atomic E-state index is 5.93. The summed E-state index contributed by atoms with van der Waals surface area (Å²) in [6.07, 6.45) is 5.11. The maximum Gasteiger partial charge on any atom is 0.0576 e. The molecule has 1 aromatic rings. The van der Waals surface area contributed by atoms with Gasteiger partial charge in [0.2, 0.25) is 0 Å². The third kappa shape index (κ3) is 2.69. The van der Waals surface area contributed by atoms with Gasteiger partial charge in [0.05, 0.1) is 11.4 Å². The molecule has 0 aliphatic heterocycles. The van der Waals surface area contributed by atoms with E-state index < -0.39 is 0 Å². The van der Waals surface area contributed by atoms with Crippen molar-refractivity contribution in [2.75, 3.05) is 11.1 Å². The topological polar surface area (TPSA) is 38.0 Å². The summed E-state index contributed by atoms with van der Waals surface area (Å²) in [4.78, 5) is 0. The molecule has 1 saturated carbocycles. The highest BCUT2D eigenvalue weighted by Gasteiger charge is 2.26. The van der Waals surface area contributed by atoms with Crippen molar-refractivity contribution in [3.63, 3.8) is 0 Å². The van der Waals surface area contributed by atoms with Crippen LogP contribution in [0.25, 0.3) is 0 Å². The molecule has 0 amide bonds. The van der Waals surface area contributed by atoms with E-state index in [1.807, 2.05) is 18.2 Å². The van der Waals surface area contributed by atoms with Gasteiger partial charge in [0.25, 0.3) is 0 Å². The van der Waals surface area contributed by atoms with E-state index in [4.69, 9.17) is 5.73 Å². The summed E-state index contributed by atoms with van der Waals surface area (Å²) >= 11 is 0. The van der Waals surface area contributed by atoms with Gasteiger partial charge in [-0.25, -0.2) is 0 Å². The first-order valence-electron chi connectivity index (χ1n) is 6.18. The Morgan fingerprint density at radius 2 is 1.81 bits per heavy atom. The number of hydrogen-bond donors (Lipinski definition) is 2. The molecule has 1 fully saturated rings. The standard InChI is InChI=1S/C14H22N2/c1-14(2)9-7-11(8-10-14)16-13-6-4-3-5-12(13)15/h3-6,11,16H,7-10,15H2,1-2H3. The van der Waals surface area contributed by atoms with Crippen LogP contribution in [0.3, 0.4) is 0 Å². The van der Waals surface area contributed by atoms with Crippen LogP contribution in [0.1, 0.15) is 39.5 Å². The largest absolute Gasteiger partial charge is 0.397 e. The molecule has 0 heterocycles. The average Bonchev–Trinajstić information content (AvgIpc) is 2.24. The van der Waals surface area contributed by atoms with Crippen molar-refractivity contribution in [2.24, 2.45) is 5.41 Å². The summed E-state index contributed by atoms with van der Waals surface area (Å²) < 4.78 is 0. The predicted molar refractivity (Wildman–Crippen MR) is 70.5 cm³/mol. The minimum atomic E-state index is 0.528. The smallest absolute Gasteiger partial charge is 0.0576 e. The summed E-state index contributed by atoms with van der Waals surface area (Å²) in [5.41, 5.74) is 8.40. The Balaban J connectivity index is 1.95. The Hall–Kier alpha value is -1.18. The SMILES string of the molecule is CC1(C)CCC(Nc2ccccc2N)CC1. The summed E-state index contributed by atoms with van der Waals surface area (Å²) in [5, 5.41) is 3.56. The second kappa shape index (κ2) is 4.36. The summed E-state index contributed by atoms with van der Waals surface area (Å²) in [6, 6.07) is 8.62. The van der Waals surface area contributed by atoms with Crippen LogP contribution in [0.15, 0.2) is 24.3 Å². The number of nitrogens with one attached hydrogen (secondary N) is 1. The Kier molecular flexibility index (Phi) is 3.08. The molecule has 0 aromatic heterocycles. The van der Waals surface area contributed by atoms with Crippen LogP contribution in [0.5, 0.6) is 0 Å².